The smallest absolute Gasteiger partial charge is 0.480 e. The zero-order valence-corrected chi connectivity index (χ0v) is 7.92. The molecule has 6 heteroatoms. The molecular formula is C9H12BNO4. The maximum atomic E-state index is 10.6. The van der Waals surface area contributed by atoms with Gasteiger partial charge in [0.05, 0.1) is 0 Å². The Labute approximate surface area is 88.8 Å². The first-order valence-electron chi connectivity index (χ1n) is 4.89. The third kappa shape index (κ3) is 3.36. The summed E-state index contributed by atoms with van der Waals surface area (Å²) in [6, 6.07) is 5.24. The number of hydrogen-bond acceptors (Lipinski definition) is 4. The molecule has 0 heterocycles. The van der Waals surface area contributed by atoms with Crippen LogP contribution in [0, 0.1) is 0 Å². The highest BCUT2D eigenvalue weighted by Crippen LogP contribution is 2.01. The quantitative estimate of drug-likeness (QED) is 0.434. The van der Waals surface area contributed by atoms with Gasteiger partial charge in [-0.3, -0.25) is 4.79 Å². The number of carboxylic acids is 1. The van der Waals surface area contributed by atoms with E-state index in [0.29, 0.717) is 11.0 Å². The normalized spacial score (nSPS) is 13.1. The lowest BCUT2D eigenvalue weighted by Gasteiger charge is -2.07. The van der Waals surface area contributed by atoms with Crippen molar-refractivity contribution in [2.75, 3.05) is 0 Å². The standard InChI is InChI=1S/C9H12BNO4/c11-8(9(12)13)5-6-1-3-7(4-2-6)10(14)15/h1-4,8,14-15H,5,11H2,(H,12,13)/t8-/m0/s1/i/hD. The zero-order chi connectivity index (χ0) is 12.1. The maximum Gasteiger partial charge on any atom is 0.488 e. The molecule has 0 unspecified atom stereocenters. The van der Waals surface area contributed by atoms with Gasteiger partial charge in [0.25, 0.3) is 0 Å². The summed E-state index contributed by atoms with van der Waals surface area (Å²) in [4.78, 5) is 10.6. The Hall–Kier alpha value is -1.37. The van der Waals surface area contributed by atoms with Gasteiger partial charge >= 0.3 is 13.1 Å². The second kappa shape index (κ2) is 4.93. The van der Waals surface area contributed by atoms with E-state index in [1.54, 1.807) is 12.1 Å². The number of carbonyl (C=O) groups is 1. The Morgan fingerprint density at radius 3 is 2.47 bits per heavy atom. The molecule has 80 valence electrons. The topological polar surface area (TPSA) is 104 Å². The molecule has 0 aliphatic heterocycles. The van der Waals surface area contributed by atoms with Crippen LogP contribution in [0.15, 0.2) is 24.3 Å². The fourth-order valence-electron chi connectivity index (χ4n) is 1.15. The number of benzene rings is 1. The van der Waals surface area contributed by atoms with Crippen molar-refractivity contribution in [1.82, 2.24) is 0 Å². The van der Waals surface area contributed by atoms with Crippen LogP contribution in [-0.2, 0) is 11.2 Å². The first kappa shape index (κ1) is 10.2. The van der Waals surface area contributed by atoms with Gasteiger partial charge in [0.1, 0.15) is 7.45 Å². The average molecular weight is 210 g/mol. The van der Waals surface area contributed by atoms with Gasteiger partial charge in [0.15, 0.2) is 0 Å². The molecule has 1 rings (SSSR count). The Morgan fingerprint density at radius 2 is 2.07 bits per heavy atom. The SMILES string of the molecule is [2H]N[C@@H](Cc1ccc(B(O)O)cc1)C(=O)O. The zero-order valence-electron chi connectivity index (χ0n) is 8.92. The molecule has 0 amide bonds. The van der Waals surface area contributed by atoms with Crippen LogP contribution < -0.4 is 11.2 Å². The highest BCUT2D eigenvalue weighted by Gasteiger charge is 2.13. The summed E-state index contributed by atoms with van der Waals surface area (Å²) in [5, 5.41) is 26.4. The summed E-state index contributed by atoms with van der Waals surface area (Å²) < 4.78 is 6.84. The average Bonchev–Trinajstić information content (AvgIpc) is 2.26. The number of rotatable bonds is 5. The number of hydrogen-bond donors (Lipinski definition) is 4. The molecule has 0 aliphatic carbocycles. The van der Waals surface area contributed by atoms with E-state index < -0.39 is 19.1 Å². The van der Waals surface area contributed by atoms with Gasteiger partial charge < -0.3 is 20.9 Å². The van der Waals surface area contributed by atoms with E-state index in [4.69, 9.17) is 16.6 Å². The summed E-state index contributed by atoms with van der Waals surface area (Å²) in [6.07, 6.45) is 0.167. The van der Waals surface area contributed by atoms with Crippen molar-refractivity contribution in [1.29, 1.82) is 0 Å². The number of nitrogens with two attached hydrogens (primary N) is 1. The fraction of sp³-hybridized carbons (Fsp3) is 0.222. The lowest BCUT2D eigenvalue weighted by Crippen LogP contribution is -2.33. The third-order valence-corrected chi connectivity index (χ3v) is 2.02. The molecule has 0 aromatic heterocycles. The summed E-state index contributed by atoms with van der Waals surface area (Å²) in [6.45, 7) is 0. The first-order chi connectivity index (χ1) is 7.54. The van der Waals surface area contributed by atoms with Gasteiger partial charge in [0, 0.05) is 0 Å². The van der Waals surface area contributed by atoms with Gasteiger partial charge in [-0.1, -0.05) is 24.3 Å². The predicted molar refractivity (Wildman–Crippen MR) is 55.6 cm³/mol. The number of carboxylic acid groups (broad SMARTS) is 1. The van der Waals surface area contributed by atoms with E-state index in [2.05, 4.69) is 0 Å². The third-order valence-electron chi connectivity index (χ3n) is 2.02. The second-order valence-electron chi connectivity index (χ2n) is 3.21. The molecule has 0 bridgehead atoms. The highest BCUT2D eigenvalue weighted by molar-refractivity contribution is 6.58. The van der Waals surface area contributed by atoms with Crippen LogP contribution in [0.3, 0.4) is 0 Å². The van der Waals surface area contributed by atoms with Crippen molar-refractivity contribution in [2.45, 2.75) is 12.5 Å². The van der Waals surface area contributed by atoms with Crippen LogP contribution in [0.5, 0.6) is 0 Å². The lowest BCUT2D eigenvalue weighted by molar-refractivity contribution is -0.138. The van der Waals surface area contributed by atoms with Gasteiger partial charge in [-0.05, 0) is 17.4 Å². The van der Waals surface area contributed by atoms with Crippen LogP contribution in [0.4, 0.5) is 0 Å². The first-order valence-corrected chi connectivity index (χ1v) is 4.39. The minimum absolute atomic E-state index is 0.167. The van der Waals surface area contributed by atoms with Gasteiger partial charge in [0.2, 0.25) is 0 Å². The van der Waals surface area contributed by atoms with Crippen LogP contribution in [0.25, 0.3) is 0 Å². The molecule has 5 N–H and O–H groups in total. The minimum Gasteiger partial charge on any atom is -0.480 e. The Bertz CT molecular complexity index is 357. The molecule has 1 aromatic carbocycles. The van der Waals surface area contributed by atoms with Gasteiger partial charge in [-0.2, -0.15) is 0 Å². The van der Waals surface area contributed by atoms with Gasteiger partial charge in [-0.25, -0.2) is 0 Å². The summed E-state index contributed by atoms with van der Waals surface area (Å²) in [5.74, 6) is -1.10. The Balaban J connectivity index is 2.71. The van der Waals surface area contributed by atoms with Crippen LogP contribution in [-0.4, -0.2) is 34.3 Å². The van der Waals surface area contributed by atoms with Crippen LogP contribution >= 0.6 is 0 Å². The van der Waals surface area contributed by atoms with E-state index >= 15 is 0 Å². The molecule has 0 radical (unpaired) electrons. The van der Waals surface area contributed by atoms with E-state index in [1.165, 1.54) is 12.1 Å². The van der Waals surface area contributed by atoms with Crippen LogP contribution in [0.2, 0.25) is 1.41 Å². The largest absolute Gasteiger partial charge is 0.488 e. The van der Waals surface area contributed by atoms with Gasteiger partial charge in [-0.15, -0.1) is 0 Å². The molecule has 1 atom stereocenters. The van der Waals surface area contributed by atoms with Crippen molar-refractivity contribution < 1.29 is 21.4 Å². The van der Waals surface area contributed by atoms with E-state index in [0.717, 1.165) is 0 Å². The fourth-order valence-corrected chi connectivity index (χ4v) is 1.15. The van der Waals surface area contributed by atoms with Crippen LogP contribution in [0.1, 0.15) is 5.56 Å². The summed E-state index contributed by atoms with van der Waals surface area (Å²) in [5.41, 5.74) is 2.99. The molecular weight excluding hydrogens is 197 g/mol. The van der Waals surface area contributed by atoms with Crippen molar-refractivity contribution in [3.8, 4) is 0 Å². The molecule has 0 saturated carbocycles. The highest BCUT2D eigenvalue weighted by atomic mass is 16.4. The minimum atomic E-state index is -1.53. The molecule has 0 aliphatic rings. The lowest BCUT2D eigenvalue weighted by atomic mass is 9.80. The molecule has 0 saturated heterocycles. The maximum absolute atomic E-state index is 10.6. The Kier molecular flexibility index (Phi) is 3.34. The molecule has 5 nitrogen and oxygen atoms in total. The summed E-state index contributed by atoms with van der Waals surface area (Å²) in [7, 11) is -1.53. The summed E-state index contributed by atoms with van der Waals surface area (Å²) >= 11 is 0. The molecule has 0 fully saturated rings. The van der Waals surface area contributed by atoms with E-state index in [1.807, 2.05) is 5.73 Å². The van der Waals surface area contributed by atoms with E-state index in [-0.39, 0.29) is 6.42 Å². The molecule has 15 heavy (non-hydrogen) atoms. The second-order valence-corrected chi connectivity index (χ2v) is 3.21. The van der Waals surface area contributed by atoms with E-state index in [9.17, 15) is 4.79 Å². The molecule has 0 spiro atoms. The van der Waals surface area contributed by atoms with Crippen molar-refractivity contribution in [3.63, 3.8) is 0 Å². The van der Waals surface area contributed by atoms with Crippen molar-refractivity contribution >= 4 is 18.6 Å². The Morgan fingerprint density at radius 1 is 1.47 bits per heavy atom. The van der Waals surface area contributed by atoms with Crippen molar-refractivity contribution in [3.05, 3.63) is 29.8 Å². The monoisotopic (exact) mass is 210 g/mol. The number of aliphatic carboxylic acids is 1. The molecule has 1 aromatic rings. The predicted octanol–water partition coefficient (Wildman–Crippen LogP) is -1.68. The van der Waals surface area contributed by atoms with Crippen molar-refractivity contribution in [2.24, 2.45) is 5.73 Å².